The highest BCUT2D eigenvalue weighted by Crippen LogP contribution is 2.26. The summed E-state index contributed by atoms with van der Waals surface area (Å²) in [7, 11) is 2.22. The number of rotatable bonds is 5. The minimum Gasteiger partial charge on any atom is -0.371 e. The summed E-state index contributed by atoms with van der Waals surface area (Å²) in [4.78, 5) is 20.8. The average molecular weight is 544 g/mol. The molecule has 9 heteroatoms. The number of piperazine rings is 1. The van der Waals surface area contributed by atoms with Crippen molar-refractivity contribution in [3.8, 4) is 5.82 Å². The van der Waals surface area contributed by atoms with Gasteiger partial charge in [0, 0.05) is 75.3 Å². The van der Waals surface area contributed by atoms with Gasteiger partial charge in [-0.1, -0.05) is 0 Å². The molecular formula is C23H29IN8. The number of aromatic nitrogens is 4. The maximum Gasteiger partial charge on any atom is 0.229 e. The van der Waals surface area contributed by atoms with Crippen LogP contribution in [0.15, 0.2) is 49.2 Å². The van der Waals surface area contributed by atoms with Gasteiger partial charge < -0.3 is 15.1 Å². The molecular weight excluding hydrogens is 515 g/mol. The Bertz CT molecular complexity index is 1010. The first-order chi connectivity index (χ1) is 15.7. The number of nitrogens with zero attached hydrogens (tertiary/aromatic N) is 7. The number of anilines is 3. The Morgan fingerprint density at radius 3 is 2.44 bits per heavy atom. The third kappa shape index (κ3) is 4.89. The number of likely N-dealkylation sites (N-methyl/N-ethyl adjacent to an activating group) is 1. The van der Waals surface area contributed by atoms with Gasteiger partial charge in [0.1, 0.15) is 6.33 Å². The Hall–Kier alpha value is -2.24. The third-order valence-corrected chi connectivity index (χ3v) is 7.24. The van der Waals surface area contributed by atoms with E-state index in [-0.39, 0.29) is 0 Å². The zero-order valence-corrected chi connectivity index (χ0v) is 20.5. The maximum absolute atomic E-state index is 4.65. The second-order valence-electron chi connectivity index (χ2n) is 8.56. The normalized spacial score (nSPS) is 18.8. The summed E-state index contributed by atoms with van der Waals surface area (Å²) < 4.78 is 2.87. The number of hydrogen-bond acceptors (Lipinski definition) is 7. The first-order valence-electron chi connectivity index (χ1n) is 11.2. The van der Waals surface area contributed by atoms with Gasteiger partial charge in [0.05, 0.1) is 3.57 Å². The number of piperidine rings is 1. The van der Waals surface area contributed by atoms with Crippen LogP contribution < -0.4 is 10.2 Å². The summed E-state index contributed by atoms with van der Waals surface area (Å²) in [6, 6.07) is 9.35. The zero-order chi connectivity index (χ0) is 21.9. The van der Waals surface area contributed by atoms with Gasteiger partial charge >= 0.3 is 0 Å². The summed E-state index contributed by atoms with van der Waals surface area (Å²) in [5, 5.41) is 3.33. The SMILES string of the molecule is CN1CCN(C2CCN(c3ccc(Nc4ncc(I)c(-n5ccnc5)n4)cc3)CC2)CC1. The van der Waals surface area contributed by atoms with E-state index in [0.29, 0.717) is 5.95 Å². The molecule has 168 valence electrons. The lowest BCUT2D eigenvalue weighted by molar-refractivity contribution is 0.0982. The van der Waals surface area contributed by atoms with Gasteiger partial charge in [0.2, 0.25) is 5.95 Å². The fourth-order valence-electron chi connectivity index (χ4n) is 4.54. The van der Waals surface area contributed by atoms with E-state index in [1.165, 1.54) is 44.7 Å². The van der Waals surface area contributed by atoms with Crippen molar-refractivity contribution in [2.45, 2.75) is 18.9 Å². The van der Waals surface area contributed by atoms with E-state index < -0.39 is 0 Å². The molecule has 0 unspecified atom stereocenters. The Morgan fingerprint density at radius 1 is 1.00 bits per heavy atom. The van der Waals surface area contributed by atoms with Crippen LogP contribution in [0.3, 0.4) is 0 Å². The minimum absolute atomic E-state index is 0.579. The molecule has 0 saturated carbocycles. The van der Waals surface area contributed by atoms with Crippen LogP contribution >= 0.6 is 22.6 Å². The summed E-state index contributed by atoms with van der Waals surface area (Å²) in [5.41, 5.74) is 2.27. The number of imidazole rings is 1. The van der Waals surface area contributed by atoms with Crippen molar-refractivity contribution in [1.82, 2.24) is 29.3 Å². The van der Waals surface area contributed by atoms with Crippen LogP contribution in [0.5, 0.6) is 0 Å². The fourth-order valence-corrected chi connectivity index (χ4v) is 5.08. The number of halogens is 1. The third-order valence-electron chi connectivity index (χ3n) is 6.48. The number of benzene rings is 1. The largest absolute Gasteiger partial charge is 0.371 e. The highest BCUT2D eigenvalue weighted by molar-refractivity contribution is 14.1. The summed E-state index contributed by atoms with van der Waals surface area (Å²) >= 11 is 2.24. The van der Waals surface area contributed by atoms with Crippen molar-refractivity contribution >= 4 is 39.9 Å². The molecule has 4 heterocycles. The van der Waals surface area contributed by atoms with Crippen molar-refractivity contribution in [3.63, 3.8) is 0 Å². The first-order valence-corrected chi connectivity index (χ1v) is 12.3. The maximum atomic E-state index is 4.65. The van der Waals surface area contributed by atoms with E-state index in [0.717, 1.165) is 34.2 Å². The highest BCUT2D eigenvalue weighted by atomic mass is 127. The molecule has 2 aliphatic rings. The van der Waals surface area contributed by atoms with Gasteiger partial charge in [-0.05, 0) is 66.7 Å². The summed E-state index contributed by atoms with van der Waals surface area (Å²) in [5.74, 6) is 1.40. The quantitative estimate of drug-likeness (QED) is 0.495. The Labute approximate surface area is 202 Å². The van der Waals surface area contributed by atoms with Gasteiger partial charge in [0.15, 0.2) is 5.82 Å². The van der Waals surface area contributed by atoms with Crippen LogP contribution in [0.1, 0.15) is 12.8 Å². The summed E-state index contributed by atoms with van der Waals surface area (Å²) in [6.07, 6.45) is 9.70. The molecule has 0 atom stereocenters. The second kappa shape index (κ2) is 9.72. The molecule has 0 amide bonds. The summed E-state index contributed by atoms with van der Waals surface area (Å²) in [6.45, 7) is 7.07. The molecule has 32 heavy (non-hydrogen) atoms. The number of hydrogen-bond donors (Lipinski definition) is 1. The Morgan fingerprint density at radius 2 is 1.75 bits per heavy atom. The van der Waals surface area contributed by atoms with Gasteiger partial charge in [0.25, 0.3) is 0 Å². The molecule has 1 aromatic carbocycles. The lowest BCUT2D eigenvalue weighted by atomic mass is 10.0. The molecule has 2 saturated heterocycles. The van der Waals surface area contributed by atoms with Crippen molar-refractivity contribution in [3.05, 3.63) is 52.8 Å². The molecule has 1 N–H and O–H groups in total. The molecule has 3 aromatic rings. The monoisotopic (exact) mass is 544 g/mol. The van der Waals surface area contributed by atoms with Crippen LogP contribution in [-0.4, -0.2) is 81.7 Å². The van der Waals surface area contributed by atoms with Crippen LogP contribution in [0.4, 0.5) is 17.3 Å². The van der Waals surface area contributed by atoms with E-state index in [9.17, 15) is 0 Å². The Kier molecular flexibility index (Phi) is 6.56. The second-order valence-corrected chi connectivity index (χ2v) is 9.73. The standard InChI is InChI=1S/C23H29IN8/c1-29-12-14-31(15-13-29)20-6-9-30(10-7-20)19-4-2-18(3-5-19)27-23-26-16-21(24)22(28-23)32-11-8-25-17-32/h2-5,8,11,16-17,20H,6-7,9-10,12-15H2,1H3,(H,26,27,28). The molecule has 5 rings (SSSR count). The van der Waals surface area contributed by atoms with Gasteiger partial charge in [-0.25, -0.2) is 9.97 Å². The molecule has 0 spiro atoms. The van der Waals surface area contributed by atoms with Crippen LogP contribution in [-0.2, 0) is 0 Å². The first kappa shape index (κ1) is 21.6. The van der Waals surface area contributed by atoms with Crippen LogP contribution in [0.25, 0.3) is 5.82 Å². The van der Waals surface area contributed by atoms with Crippen molar-refractivity contribution in [1.29, 1.82) is 0 Å². The van der Waals surface area contributed by atoms with E-state index in [1.54, 1.807) is 12.5 Å². The van der Waals surface area contributed by atoms with Crippen molar-refractivity contribution < 1.29 is 0 Å². The van der Waals surface area contributed by atoms with E-state index >= 15 is 0 Å². The van der Waals surface area contributed by atoms with E-state index in [2.05, 4.69) is 88.9 Å². The van der Waals surface area contributed by atoms with E-state index in [1.807, 2.05) is 17.0 Å². The molecule has 0 aliphatic carbocycles. The van der Waals surface area contributed by atoms with E-state index in [4.69, 9.17) is 0 Å². The van der Waals surface area contributed by atoms with Crippen molar-refractivity contribution in [2.75, 3.05) is 56.5 Å². The molecule has 2 aliphatic heterocycles. The topological polar surface area (TPSA) is 65.3 Å². The predicted molar refractivity (Wildman–Crippen MR) is 136 cm³/mol. The van der Waals surface area contributed by atoms with Gasteiger partial charge in [-0.15, -0.1) is 0 Å². The lowest BCUT2D eigenvalue weighted by Crippen LogP contribution is -2.52. The molecule has 0 radical (unpaired) electrons. The zero-order valence-electron chi connectivity index (χ0n) is 18.4. The molecule has 2 aromatic heterocycles. The predicted octanol–water partition coefficient (Wildman–Crippen LogP) is 3.23. The van der Waals surface area contributed by atoms with Gasteiger partial charge in [-0.3, -0.25) is 9.47 Å². The lowest BCUT2D eigenvalue weighted by Gasteiger charge is -2.42. The van der Waals surface area contributed by atoms with Crippen LogP contribution in [0, 0.1) is 3.57 Å². The Balaban J connectivity index is 1.19. The molecule has 8 nitrogen and oxygen atoms in total. The average Bonchev–Trinajstić information content (AvgIpc) is 3.36. The van der Waals surface area contributed by atoms with Crippen LogP contribution in [0.2, 0.25) is 0 Å². The molecule has 0 bridgehead atoms. The number of nitrogens with one attached hydrogen (secondary N) is 1. The highest BCUT2D eigenvalue weighted by Gasteiger charge is 2.26. The smallest absolute Gasteiger partial charge is 0.229 e. The van der Waals surface area contributed by atoms with Crippen molar-refractivity contribution in [2.24, 2.45) is 0 Å². The fraction of sp³-hybridized carbons (Fsp3) is 0.435. The minimum atomic E-state index is 0.579. The van der Waals surface area contributed by atoms with Gasteiger partial charge in [-0.2, -0.15) is 4.98 Å². The molecule has 2 fully saturated rings.